The molecule has 7 heteroatoms. The molecule has 3 aromatic carbocycles. The van der Waals surface area contributed by atoms with Gasteiger partial charge in [-0.3, -0.25) is 4.79 Å². The summed E-state index contributed by atoms with van der Waals surface area (Å²) in [5, 5.41) is 2.96. The molecule has 178 valence electrons. The summed E-state index contributed by atoms with van der Waals surface area (Å²) in [5.41, 5.74) is 3.08. The monoisotopic (exact) mass is 478 g/mol. The van der Waals surface area contributed by atoms with Crippen LogP contribution in [0.25, 0.3) is 0 Å². The Morgan fingerprint density at radius 1 is 0.912 bits per heavy atom. The summed E-state index contributed by atoms with van der Waals surface area (Å²) < 4.78 is 33.7. The lowest BCUT2D eigenvalue weighted by Gasteiger charge is -2.21. The number of hydrogen-bond donors (Lipinski definition) is 1. The highest BCUT2D eigenvalue weighted by atomic mass is 32.2. The third kappa shape index (κ3) is 5.48. The van der Waals surface area contributed by atoms with Gasteiger partial charge in [-0.1, -0.05) is 61.4 Å². The molecule has 0 unspecified atom stereocenters. The van der Waals surface area contributed by atoms with Crippen LogP contribution in [-0.2, 0) is 16.4 Å². The summed E-state index contributed by atoms with van der Waals surface area (Å²) in [7, 11) is -2.34. The number of hydrogen-bond acceptors (Lipinski definition) is 4. The van der Waals surface area contributed by atoms with E-state index in [0.717, 1.165) is 36.8 Å². The van der Waals surface area contributed by atoms with E-state index in [4.69, 9.17) is 4.74 Å². The van der Waals surface area contributed by atoms with Gasteiger partial charge in [-0.15, -0.1) is 0 Å². The summed E-state index contributed by atoms with van der Waals surface area (Å²) in [5.74, 6) is -0.124. The molecule has 1 amide bonds. The number of benzene rings is 3. The molecule has 0 spiro atoms. The van der Waals surface area contributed by atoms with Crippen molar-refractivity contribution in [2.24, 2.45) is 0 Å². The van der Waals surface area contributed by atoms with Crippen molar-refractivity contribution in [1.29, 1.82) is 0 Å². The molecule has 0 bridgehead atoms. The Hall–Kier alpha value is -3.16. The Morgan fingerprint density at radius 2 is 1.59 bits per heavy atom. The molecule has 1 heterocycles. The van der Waals surface area contributed by atoms with Crippen LogP contribution in [0, 0.1) is 0 Å². The lowest BCUT2D eigenvalue weighted by molar-refractivity contribution is 0.102. The topological polar surface area (TPSA) is 75.7 Å². The van der Waals surface area contributed by atoms with Crippen LogP contribution in [0.3, 0.4) is 0 Å². The Kier molecular flexibility index (Phi) is 7.65. The Bertz CT molecular complexity index is 1230. The number of methoxy groups -OCH3 is 1. The number of carbonyl (C=O) groups is 1. The lowest BCUT2D eigenvalue weighted by atomic mass is 10.0. The van der Waals surface area contributed by atoms with Crippen molar-refractivity contribution in [1.82, 2.24) is 4.31 Å². The van der Waals surface area contributed by atoms with Gasteiger partial charge < -0.3 is 10.1 Å². The average Bonchev–Trinajstić information content (AvgIpc) is 3.16. The fraction of sp³-hybridized carbons (Fsp3) is 0.296. The summed E-state index contributed by atoms with van der Waals surface area (Å²) >= 11 is 0. The van der Waals surface area contributed by atoms with Crippen LogP contribution in [0.5, 0.6) is 5.75 Å². The Labute approximate surface area is 201 Å². The van der Waals surface area contributed by atoms with Gasteiger partial charge in [0.15, 0.2) is 0 Å². The number of amides is 1. The van der Waals surface area contributed by atoms with Crippen molar-refractivity contribution < 1.29 is 17.9 Å². The van der Waals surface area contributed by atoms with Crippen LogP contribution in [0.2, 0.25) is 0 Å². The number of ether oxygens (including phenoxy) is 1. The highest BCUT2D eigenvalue weighted by Crippen LogP contribution is 2.30. The predicted octanol–water partition coefficient (Wildman–Crippen LogP) is 5.10. The quantitative estimate of drug-likeness (QED) is 0.512. The van der Waals surface area contributed by atoms with Crippen molar-refractivity contribution in [3.8, 4) is 5.75 Å². The highest BCUT2D eigenvalue weighted by molar-refractivity contribution is 7.89. The van der Waals surface area contributed by atoms with Crippen molar-refractivity contribution in [3.63, 3.8) is 0 Å². The van der Waals surface area contributed by atoms with Crippen LogP contribution >= 0.6 is 0 Å². The molecule has 0 aromatic heterocycles. The van der Waals surface area contributed by atoms with Gasteiger partial charge in [-0.25, -0.2) is 8.42 Å². The van der Waals surface area contributed by atoms with Gasteiger partial charge in [0, 0.05) is 24.3 Å². The smallest absolute Gasteiger partial charge is 0.255 e. The van der Waals surface area contributed by atoms with Gasteiger partial charge in [0.25, 0.3) is 5.91 Å². The first-order chi connectivity index (χ1) is 16.5. The molecule has 4 rings (SSSR count). The first-order valence-corrected chi connectivity index (χ1v) is 13.0. The average molecular weight is 479 g/mol. The maximum Gasteiger partial charge on any atom is 0.255 e. The summed E-state index contributed by atoms with van der Waals surface area (Å²) in [4.78, 5) is 13.2. The second-order valence-electron chi connectivity index (χ2n) is 8.46. The van der Waals surface area contributed by atoms with Crippen molar-refractivity contribution in [3.05, 3.63) is 89.5 Å². The number of rotatable bonds is 7. The largest absolute Gasteiger partial charge is 0.495 e. The van der Waals surface area contributed by atoms with E-state index in [-0.39, 0.29) is 22.1 Å². The zero-order valence-electron chi connectivity index (χ0n) is 19.4. The molecule has 1 N–H and O–H groups in total. The van der Waals surface area contributed by atoms with Gasteiger partial charge in [0.05, 0.1) is 7.11 Å². The number of nitrogens with zero attached hydrogens (tertiary/aromatic N) is 1. The van der Waals surface area contributed by atoms with E-state index in [2.05, 4.69) is 5.32 Å². The molecular weight excluding hydrogens is 448 g/mol. The number of para-hydroxylation sites is 1. The fourth-order valence-corrected chi connectivity index (χ4v) is 5.95. The van der Waals surface area contributed by atoms with Gasteiger partial charge >= 0.3 is 0 Å². The minimum absolute atomic E-state index is 0.0297. The Balaban J connectivity index is 1.60. The molecule has 1 saturated heterocycles. The normalized spacial score (nSPS) is 14.9. The molecule has 0 saturated carbocycles. The highest BCUT2D eigenvalue weighted by Gasteiger charge is 2.29. The van der Waals surface area contributed by atoms with E-state index in [1.165, 1.54) is 17.5 Å². The van der Waals surface area contributed by atoms with Crippen molar-refractivity contribution in [2.45, 2.75) is 37.0 Å². The molecular formula is C27H30N2O4S. The van der Waals surface area contributed by atoms with Gasteiger partial charge in [-0.05, 0) is 54.7 Å². The molecule has 34 heavy (non-hydrogen) atoms. The summed E-state index contributed by atoms with van der Waals surface area (Å²) in [6.45, 7) is 0.962. The molecule has 6 nitrogen and oxygen atoms in total. The van der Waals surface area contributed by atoms with E-state index >= 15 is 0 Å². The first kappa shape index (κ1) is 24.0. The predicted molar refractivity (Wildman–Crippen MR) is 134 cm³/mol. The SMILES string of the molecule is COc1ccc(C(=O)Nc2ccccc2Cc2ccccc2)cc1S(=O)(=O)N1CCCCCC1. The number of carbonyl (C=O) groups excluding carboxylic acids is 1. The zero-order valence-corrected chi connectivity index (χ0v) is 20.2. The maximum absolute atomic E-state index is 13.4. The van der Waals surface area contributed by atoms with E-state index in [1.54, 1.807) is 12.1 Å². The van der Waals surface area contributed by atoms with Crippen LogP contribution in [0.1, 0.15) is 47.2 Å². The summed E-state index contributed by atoms with van der Waals surface area (Å²) in [6.07, 6.45) is 4.39. The van der Waals surface area contributed by atoms with Gasteiger partial charge in [-0.2, -0.15) is 4.31 Å². The molecule has 1 aliphatic heterocycles. The Morgan fingerprint density at radius 3 is 2.29 bits per heavy atom. The maximum atomic E-state index is 13.4. The van der Waals surface area contributed by atoms with Gasteiger partial charge in [0.2, 0.25) is 10.0 Å². The van der Waals surface area contributed by atoms with Gasteiger partial charge in [0.1, 0.15) is 10.6 Å². The molecule has 1 fully saturated rings. The molecule has 0 aliphatic carbocycles. The number of anilines is 1. The standard InChI is InChI=1S/C27H30N2O4S/c1-33-25-16-15-23(20-26(25)34(31,32)29-17-9-2-3-10-18-29)27(30)28-24-14-8-7-13-22(24)19-21-11-5-4-6-12-21/h4-8,11-16,20H,2-3,9-10,17-19H2,1H3,(H,28,30). The lowest BCUT2D eigenvalue weighted by Crippen LogP contribution is -2.32. The minimum Gasteiger partial charge on any atom is -0.495 e. The third-order valence-electron chi connectivity index (χ3n) is 6.11. The van der Waals surface area contributed by atoms with Crippen LogP contribution in [-0.4, -0.2) is 38.8 Å². The third-order valence-corrected chi connectivity index (χ3v) is 8.03. The van der Waals surface area contributed by atoms with E-state index in [1.807, 2.05) is 54.6 Å². The van der Waals surface area contributed by atoms with Crippen LogP contribution in [0.4, 0.5) is 5.69 Å². The van der Waals surface area contributed by atoms with E-state index in [9.17, 15) is 13.2 Å². The zero-order chi connectivity index (χ0) is 24.0. The fourth-order valence-electron chi connectivity index (χ4n) is 4.25. The van der Waals surface area contributed by atoms with Crippen LogP contribution < -0.4 is 10.1 Å². The van der Waals surface area contributed by atoms with Crippen molar-refractivity contribution in [2.75, 3.05) is 25.5 Å². The van der Waals surface area contributed by atoms with Crippen LogP contribution in [0.15, 0.2) is 77.7 Å². The van der Waals surface area contributed by atoms with Crippen molar-refractivity contribution >= 4 is 21.6 Å². The number of nitrogens with one attached hydrogen (secondary N) is 1. The molecule has 0 radical (unpaired) electrons. The first-order valence-electron chi connectivity index (χ1n) is 11.6. The second-order valence-corrected chi connectivity index (χ2v) is 10.4. The molecule has 3 aromatic rings. The molecule has 0 atom stereocenters. The minimum atomic E-state index is -3.78. The summed E-state index contributed by atoms with van der Waals surface area (Å²) in [6, 6.07) is 22.2. The number of sulfonamides is 1. The second kappa shape index (κ2) is 10.8. The van der Waals surface area contributed by atoms with E-state index in [0.29, 0.717) is 25.2 Å². The van der Waals surface area contributed by atoms with E-state index < -0.39 is 10.0 Å². The molecule has 1 aliphatic rings.